The van der Waals surface area contributed by atoms with Gasteiger partial charge in [-0.2, -0.15) is 0 Å². The van der Waals surface area contributed by atoms with Gasteiger partial charge in [-0.25, -0.2) is 4.79 Å². The lowest BCUT2D eigenvalue weighted by Crippen LogP contribution is -2.09. The van der Waals surface area contributed by atoms with Gasteiger partial charge in [-0.15, -0.1) is 0 Å². The topological polar surface area (TPSA) is 26.3 Å². The molecule has 2 nitrogen and oxygen atoms in total. The highest BCUT2D eigenvalue weighted by molar-refractivity contribution is 5.93. The Morgan fingerprint density at radius 3 is 1.96 bits per heavy atom. The molecule has 0 radical (unpaired) electrons. The highest BCUT2D eigenvalue weighted by atomic mass is 16.5. The quantitative estimate of drug-likeness (QED) is 0.269. The molecule has 1 aromatic rings. The maximum atomic E-state index is 11.8. The molecule has 1 rings (SSSR count). The largest absolute Gasteiger partial charge is 0.423 e. The van der Waals surface area contributed by atoms with E-state index < -0.39 is 5.97 Å². The Labute approximate surface area is 141 Å². The van der Waals surface area contributed by atoms with Crippen molar-refractivity contribution in [3.8, 4) is 5.75 Å². The molecule has 0 bridgehead atoms. The summed E-state index contributed by atoms with van der Waals surface area (Å²) in [6.07, 6.45) is 7.88. The maximum absolute atomic E-state index is 11.8. The monoisotopic (exact) mass is 312 g/mol. The Hall–Kier alpha value is -2.61. The summed E-state index contributed by atoms with van der Waals surface area (Å²) in [4.78, 5) is 11.8. The van der Waals surface area contributed by atoms with Gasteiger partial charge in [0.05, 0.1) is 5.57 Å². The van der Waals surface area contributed by atoms with Gasteiger partial charge in [0.2, 0.25) is 0 Å². The van der Waals surface area contributed by atoms with Crippen LogP contribution < -0.4 is 4.74 Å². The molecule has 2 heteroatoms. The molecule has 0 aliphatic carbocycles. The van der Waals surface area contributed by atoms with Gasteiger partial charge in [-0.3, -0.25) is 0 Å². The summed E-state index contributed by atoms with van der Waals surface area (Å²) in [7, 11) is 0. The van der Waals surface area contributed by atoms with Crippen LogP contribution in [0.3, 0.4) is 0 Å². The van der Waals surface area contributed by atoms with Gasteiger partial charge in [-0.05, 0) is 29.3 Å². The van der Waals surface area contributed by atoms with E-state index in [2.05, 4.69) is 26.3 Å². The molecular weight excluding hydrogens is 284 g/mol. The van der Waals surface area contributed by atoms with Crippen molar-refractivity contribution in [3.05, 3.63) is 79.4 Å². The normalized spacial score (nSPS) is 9.13. The molecule has 0 atom stereocenters. The first-order valence-corrected chi connectivity index (χ1v) is 7.72. The number of esters is 1. The molecule has 0 unspecified atom stereocenters. The highest BCUT2D eigenvalue weighted by Crippen LogP contribution is 2.20. The van der Waals surface area contributed by atoms with E-state index in [0.717, 1.165) is 11.1 Å². The second-order valence-electron chi connectivity index (χ2n) is 3.65. The lowest BCUT2D eigenvalue weighted by molar-refractivity contribution is -0.129. The first-order chi connectivity index (χ1) is 11.2. The molecule has 0 saturated heterocycles. The van der Waals surface area contributed by atoms with Gasteiger partial charge in [0.15, 0.2) is 0 Å². The highest BCUT2D eigenvalue weighted by Gasteiger charge is 2.09. The number of ether oxygens (including phenoxy) is 1. The van der Waals surface area contributed by atoms with Gasteiger partial charge in [0, 0.05) is 0 Å². The van der Waals surface area contributed by atoms with Crippen LogP contribution in [-0.2, 0) is 4.79 Å². The average Bonchev–Trinajstić information content (AvgIpc) is 2.62. The predicted octanol–water partition coefficient (Wildman–Crippen LogP) is 6.23. The number of rotatable bonds is 6. The number of carbonyl (C=O) groups excluding carboxylic acids is 1. The zero-order valence-electron chi connectivity index (χ0n) is 14.8. The molecule has 0 fully saturated rings. The first-order valence-electron chi connectivity index (χ1n) is 7.72. The third kappa shape index (κ3) is 7.82. The van der Waals surface area contributed by atoms with Gasteiger partial charge >= 0.3 is 5.97 Å². The molecule has 1 aromatic carbocycles. The second kappa shape index (κ2) is 14.3. The van der Waals surface area contributed by atoms with E-state index in [-0.39, 0.29) is 0 Å². The predicted molar refractivity (Wildman–Crippen MR) is 103 cm³/mol. The Morgan fingerprint density at radius 2 is 1.52 bits per heavy atom. The minimum atomic E-state index is -0.476. The first kappa shape index (κ1) is 22.7. The smallest absolute Gasteiger partial charge is 0.343 e. The fraction of sp³-hybridized carbons (Fsp3) is 0.190. The van der Waals surface area contributed by atoms with Gasteiger partial charge in [0.25, 0.3) is 0 Å². The summed E-state index contributed by atoms with van der Waals surface area (Å²) in [5.74, 6) is -0.0291. The summed E-state index contributed by atoms with van der Waals surface area (Å²) in [5, 5.41) is 0. The van der Waals surface area contributed by atoms with Gasteiger partial charge in [-0.1, -0.05) is 84.4 Å². The van der Waals surface area contributed by atoms with E-state index in [9.17, 15) is 4.79 Å². The van der Waals surface area contributed by atoms with E-state index in [1.54, 1.807) is 30.4 Å². The van der Waals surface area contributed by atoms with E-state index >= 15 is 0 Å². The van der Waals surface area contributed by atoms with Crippen LogP contribution in [0.25, 0.3) is 12.2 Å². The molecule has 0 aliphatic heterocycles. The van der Waals surface area contributed by atoms with Crippen molar-refractivity contribution < 1.29 is 9.53 Å². The molecule has 0 N–H and O–H groups in total. The molecule has 0 spiro atoms. The van der Waals surface area contributed by atoms with Crippen molar-refractivity contribution in [2.75, 3.05) is 0 Å². The third-order valence-corrected chi connectivity index (χ3v) is 2.46. The Bertz CT molecular complexity index is 563. The van der Waals surface area contributed by atoms with Crippen LogP contribution in [-0.4, -0.2) is 5.97 Å². The minimum Gasteiger partial charge on any atom is -0.423 e. The van der Waals surface area contributed by atoms with Gasteiger partial charge < -0.3 is 4.74 Å². The fourth-order valence-corrected chi connectivity index (χ4v) is 1.49. The Morgan fingerprint density at radius 1 is 0.957 bits per heavy atom. The molecule has 0 aliphatic rings. The van der Waals surface area contributed by atoms with E-state index in [4.69, 9.17) is 4.74 Å². The number of hydrogen-bond acceptors (Lipinski definition) is 2. The van der Waals surface area contributed by atoms with Crippen molar-refractivity contribution in [1.82, 2.24) is 0 Å². The standard InChI is InChI=1S/C17H16O2.2C2H6/c1-5-9-14(7-3)17(18)19-16-11-10-13(6-2)15(8-4)12-16;2*1-2/h5-12H,1-4H2;2*1-2H3/b14-9+;;. The van der Waals surface area contributed by atoms with E-state index in [1.807, 2.05) is 33.8 Å². The summed E-state index contributed by atoms with van der Waals surface area (Å²) < 4.78 is 5.25. The lowest BCUT2D eigenvalue weighted by atomic mass is 10.1. The van der Waals surface area contributed by atoms with Crippen molar-refractivity contribution in [2.24, 2.45) is 0 Å². The summed E-state index contributed by atoms with van der Waals surface area (Å²) in [5.41, 5.74) is 2.14. The van der Waals surface area contributed by atoms with E-state index in [0.29, 0.717) is 11.3 Å². The SMILES string of the molecule is C=C/C=C(\C=C)C(=O)Oc1ccc(C=C)c(C=C)c1.CC.CC. The van der Waals surface area contributed by atoms with Crippen LogP contribution >= 0.6 is 0 Å². The zero-order valence-corrected chi connectivity index (χ0v) is 14.8. The average molecular weight is 312 g/mol. The third-order valence-electron chi connectivity index (χ3n) is 2.46. The molecule has 0 saturated carbocycles. The molecular formula is C21H28O2. The summed E-state index contributed by atoms with van der Waals surface area (Å²) in [6, 6.07) is 5.25. The van der Waals surface area contributed by atoms with Crippen molar-refractivity contribution in [3.63, 3.8) is 0 Å². The van der Waals surface area contributed by atoms with Crippen LogP contribution in [0.1, 0.15) is 38.8 Å². The second-order valence-corrected chi connectivity index (χ2v) is 3.65. The molecule has 23 heavy (non-hydrogen) atoms. The van der Waals surface area contributed by atoms with Crippen LogP contribution in [0.5, 0.6) is 5.75 Å². The Kier molecular flexibility index (Phi) is 14.1. The molecule has 124 valence electrons. The van der Waals surface area contributed by atoms with Crippen molar-refractivity contribution in [2.45, 2.75) is 27.7 Å². The number of benzene rings is 1. The lowest BCUT2D eigenvalue weighted by Gasteiger charge is -2.07. The fourth-order valence-electron chi connectivity index (χ4n) is 1.49. The number of allylic oxidation sites excluding steroid dienone is 2. The van der Waals surface area contributed by atoms with Crippen LogP contribution in [0, 0.1) is 0 Å². The van der Waals surface area contributed by atoms with Crippen LogP contribution in [0.2, 0.25) is 0 Å². The molecule has 0 aromatic heterocycles. The summed E-state index contributed by atoms with van der Waals surface area (Å²) in [6.45, 7) is 22.5. The Balaban J connectivity index is 0. The van der Waals surface area contributed by atoms with Gasteiger partial charge in [0.1, 0.15) is 5.75 Å². The van der Waals surface area contributed by atoms with E-state index in [1.165, 1.54) is 12.2 Å². The number of hydrogen-bond donors (Lipinski definition) is 0. The molecule has 0 amide bonds. The maximum Gasteiger partial charge on any atom is 0.343 e. The summed E-state index contributed by atoms with van der Waals surface area (Å²) >= 11 is 0. The van der Waals surface area contributed by atoms with Crippen molar-refractivity contribution in [1.29, 1.82) is 0 Å². The zero-order chi connectivity index (χ0) is 18.3. The van der Waals surface area contributed by atoms with Crippen molar-refractivity contribution >= 4 is 18.1 Å². The molecule has 0 heterocycles. The number of carbonyl (C=O) groups is 1. The van der Waals surface area contributed by atoms with Crippen LogP contribution in [0.15, 0.2) is 68.3 Å². The minimum absolute atomic E-state index is 0.350. The van der Waals surface area contributed by atoms with Crippen LogP contribution in [0.4, 0.5) is 0 Å².